The van der Waals surface area contributed by atoms with Crippen LogP contribution in [0.1, 0.15) is 75.3 Å². The third kappa shape index (κ3) is 5.49. The Morgan fingerprint density at radius 3 is 2.42 bits per heavy atom. The fourth-order valence-electron chi connectivity index (χ4n) is 14.9. The summed E-state index contributed by atoms with van der Waals surface area (Å²) in [5, 5.41) is 13.2. The van der Waals surface area contributed by atoms with Gasteiger partial charge in [0.1, 0.15) is 16.9 Å². The topological polar surface area (TPSA) is 156 Å². The van der Waals surface area contributed by atoms with E-state index < -0.39 is 57.2 Å². The summed E-state index contributed by atoms with van der Waals surface area (Å²) in [6.07, 6.45) is 6.44. The minimum absolute atomic E-state index is 0.122. The highest BCUT2D eigenvalue weighted by atomic mass is 16.7. The van der Waals surface area contributed by atoms with Crippen LogP contribution in [0.3, 0.4) is 0 Å². The van der Waals surface area contributed by atoms with Crippen LogP contribution in [0.4, 0.5) is 5.69 Å². The zero-order chi connectivity index (χ0) is 47.1. The monoisotopic (exact) mass is 914 g/mol. The van der Waals surface area contributed by atoms with E-state index in [0.29, 0.717) is 82.6 Å². The maximum Gasteiger partial charge on any atom is 0.347 e. The number of nitrogens with zero attached hydrogens (tertiary/aromatic N) is 3. The van der Waals surface area contributed by atoms with E-state index in [-0.39, 0.29) is 12.0 Å². The molecule has 354 valence electrons. The number of benzene rings is 3. The Labute approximate surface area is 391 Å². The molecule has 1 saturated carbocycles. The van der Waals surface area contributed by atoms with E-state index in [9.17, 15) is 14.7 Å². The Morgan fingerprint density at radius 2 is 1.70 bits per heavy atom. The van der Waals surface area contributed by atoms with E-state index in [1.54, 1.807) is 14.2 Å². The molecule has 2 bridgehead atoms. The van der Waals surface area contributed by atoms with Crippen molar-refractivity contribution in [2.75, 3.05) is 73.1 Å². The molecule has 7 aliphatic rings. The first kappa shape index (κ1) is 44.1. The molecule has 6 aliphatic heterocycles. The summed E-state index contributed by atoms with van der Waals surface area (Å²) < 4.78 is 37.4. The van der Waals surface area contributed by atoms with E-state index in [1.807, 2.05) is 43.1 Å². The fourth-order valence-corrected chi connectivity index (χ4v) is 14.9. The molecular weight excluding hydrogens is 853 g/mol. The van der Waals surface area contributed by atoms with Crippen molar-refractivity contribution in [3.05, 3.63) is 89.1 Å². The molecular formula is C53H62N4O10. The molecule has 7 heterocycles. The van der Waals surface area contributed by atoms with Gasteiger partial charge < -0.3 is 43.4 Å². The Bertz CT molecular complexity index is 2770. The largest absolute Gasteiger partial charge is 0.497 e. The van der Waals surface area contributed by atoms with Crippen molar-refractivity contribution < 1.29 is 47.9 Å². The van der Waals surface area contributed by atoms with Crippen molar-refractivity contribution in [1.82, 2.24) is 14.8 Å². The highest BCUT2D eigenvalue weighted by Crippen LogP contribution is 2.80. The number of nitrogens with one attached hydrogen (secondary N) is 1. The number of hydrogen-bond acceptors (Lipinski definition) is 13. The van der Waals surface area contributed by atoms with Crippen LogP contribution < -0.4 is 14.4 Å². The Morgan fingerprint density at radius 1 is 0.910 bits per heavy atom. The molecule has 4 fully saturated rings. The maximum atomic E-state index is 15.7. The van der Waals surface area contributed by atoms with Crippen LogP contribution in [0, 0.1) is 11.3 Å². The van der Waals surface area contributed by atoms with Gasteiger partial charge >= 0.3 is 17.9 Å². The Hall–Kier alpha value is -5.41. The maximum absolute atomic E-state index is 15.7. The average Bonchev–Trinajstić information content (AvgIpc) is 3.58. The summed E-state index contributed by atoms with van der Waals surface area (Å²) in [7, 11) is 8.05. The van der Waals surface area contributed by atoms with E-state index in [1.165, 1.54) is 21.1 Å². The number of aromatic amines is 1. The van der Waals surface area contributed by atoms with Crippen LogP contribution in [0.2, 0.25) is 0 Å². The first-order valence-electron chi connectivity index (χ1n) is 23.9. The van der Waals surface area contributed by atoms with Crippen molar-refractivity contribution in [1.29, 1.82) is 0 Å². The van der Waals surface area contributed by atoms with Crippen LogP contribution >= 0.6 is 0 Å². The molecule has 10 atom stereocenters. The summed E-state index contributed by atoms with van der Waals surface area (Å²) in [4.78, 5) is 54.3. The predicted molar refractivity (Wildman–Crippen MR) is 250 cm³/mol. The minimum Gasteiger partial charge on any atom is -0.497 e. The highest BCUT2D eigenvalue weighted by molar-refractivity contribution is 5.97. The number of esters is 3. The predicted octanol–water partition coefficient (Wildman–Crippen LogP) is 6.03. The van der Waals surface area contributed by atoms with Crippen LogP contribution in [0.25, 0.3) is 22.0 Å². The number of carbonyl (C=O) groups excluding carboxylic acids is 3. The highest BCUT2D eigenvalue weighted by Gasteiger charge is 2.98. The molecule has 1 aliphatic carbocycles. The Balaban J connectivity index is 1.20. The number of carbonyl (C=O) groups is 3. The number of piperidine rings is 1. The van der Waals surface area contributed by atoms with Gasteiger partial charge in [0, 0.05) is 85.5 Å². The number of methoxy groups -OCH3 is 4. The van der Waals surface area contributed by atoms with E-state index in [4.69, 9.17) is 28.4 Å². The molecule has 1 unspecified atom stereocenters. The molecule has 11 rings (SSSR count). The van der Waals surface area contributed by atoms with Crippen molar-refractivity contribution in [3.63, 3.8) is 0 Å². The van der Waals surface area contributed by atoms with Crippen LogP contribution in [0.15, 0.2) is 66.7 Å². The molecule has 3 saturated heterocycles. The quantitative estimate of drug-likeness (QED) is 0.0870. The number of aromatic nitrogens is 1. The number of H-pyrrole nitrogens is 1. The summed E-state index contributed by atoms with van der Waals surface area (Å²) in [5.41, 5.74) is -0.150. The number of anilines is 1. The lowest BCUT2D eigenvalue weighted by molar-refractivity contribution is -0.178. The van der Waals surface area contributed by atoms with Crippen LogP contribution in [0.5, 0.6) is 11.5 Å². The number of ether oxygens (including phenoxy) is 6. The third-order valence-electron chi connectivity index (χ3n) is 17.5. The first-order valence-corrected chi connectivity index (χ1v) is 23.9. The van der Waals surface area contributed by atoms with Crippen molar-refractivity contribution in [2.45, 2.75) is 99.2 Å². The molecule has 2 spiro atoms. The summed E-state index contributed by atoms with van der Waals surface area (Å²) in [5.74, 6) is -0.436. The van der Waals surface area contributed by atoms with Gasteiger partial charge in [-0.15, -0.1) is 0 Å². The van der Waals surface area contributed by atoms with Gasteiger partial charge in [-0.2, -0.15) is 0 Å². The molecule has 14 heteroatoms. The summed E-state index contributed by atoms with van der Waals surface area (Å²) in [6.45, 7) is 8.77. The van der Waals surface area contributed by atoms with Gasteiger partial charge in [0.15, 0.2) is 11.8 Å². The molecule has 67 heavy (non-hydrogen) atoms. The van der Waals surface area contributed by atoms with Gasteiger partial charge in [-0.25, -0.2) is 4.79 Å². The number of likely N-dealkylation sites (N-methyl/N-ethyl adjacent to an activating group) is 1. The minimum atomic E-state index is -1.68. The molecule has 0 amide bonds. The lowest BCUT2D eigenvalue weighted by Crippen LogP contribution is -2.75. The van der Waals surface area contributed by atoms with E-state index in [2.05, 4.69) is 64.2 Å². The van der Waals surface area contributed by atoms with Gasteiger partial charge in [0.05, 0.1) is 39.5 Å². The van der Waals surface area contributed by atoms with Crippen molar-refractivity contribution in [2.24, 2.45) is 11.3 Å². The Kier molecular flexibility index (Phi) is 9.91. The first-order chi connectivity index (χ1) is 32.2. The molecule has 2 N–H and O–H groups in total. The van der Waals surface area contributed by atoms with E-state index in [0.717, 1.165) is 50.3 Å². The standard InChI is InChI=1S/C53H62N4O10/c1-9-48(61)27-32-28-50(46(59)64-7,43-36(17-21-56(29-32)30-48)37-24-34(15-16-40(37)54-43)33-13-11-14-35(23-33)62-5)39-25-38-41(26-42(39)63-6)55(4)53-51(38)19-22-57-20-12-18-49(10-2,44(51)57)45(66-31(3)58)52(53,67-53)47(60)65-8/h11-16,18,23-26,32,44-45,54,61H,9-10,17,19-22,27-30H2,1-8H3/t32-,44+,45-,48+,49-,50+,51-,52+,53+/m1/s1. The number of fused-ring (bicyclic) bond motifs is 6. The summed E-state index contributed by atoms with van der Waals surface area (Å²) in [6, 6.07) is 18.3. The summed E-state index contributed by atoms with van der Waals surface area (Å²) >= 11 is 0. The van der Waals surface area contributed by atoms with Crippen molar-refractivity contribution in [3.8, 4) is 22.6 Å². The van der Waals surface area contributed by atoms with Gasteiger partial charge in [-0.05, 0) is 104 Å². The molecule has 0 radical (unpaired) electrons. The molecule has 1 aromatic heterocycles. The number of epoxide rings is 1. The number of hydrogen-bond donors (Lipinski definition) is 2. The van der Waals surface area contributed by atoms with Crippen LogP contribution in [-0.4, -0.2) is 135 Å². The number of aliphatic hydroxyl groups is 1. The SMILES string of the molecule is CC[C@]1(O)C[C@H]2CN(CCc3c([nH]c4ccc(-c5cccc(OC)c5)cc34)[C@@](C(=O)OC)(c3cc4c(cc3OC)N(C)[C@@]35O[C@]3(C(=O)OC)[C@H](OC(C)=O)[C@]3(CC)C=CCN6CC[C@]45[C@@H]63)C2)C1. The van der Waals surface area contributed by atoms with E-state index >= 15 is 4.79 Å². The average molecular weight is 915 g/mol. The van der Waals surface area contributed by atoms with Gasteiger partial charge in [0.25, 0.3) is 5.60 Å². The van der Waals surface area contributed by atoms with Crippen molar-refractivity contribution >= 4 is 34.5 Å². The third-order valence-corrected chi connectivity index (χ3v) is 17.5. The van der Waals surface area contributed by atoms with Gasteiger partial charge in [-0.1, -0.05) is 44.2 Å². The fraction of sp³-hybridized carbons (Fsp3) is 0.528. The lowest BCUT2D eigenvalue weighted by Gasteiger charge is -2.58. The number of rotatable bonds is 9. The lowest BCUT2D eigenvalue weighted by atomic mass is 9.49. The smallest absolute Gasteiger partial charge is 0.347 e. The zero-order valence-electron chi connectivity index (χ0n) is 39.8. The molecule has 14 nitrogen and oxygen atoms in total. The normalized spacial score (nSPS) is 35.4. The second-order valence-corrected chi connectivity index (χ2v) is 20.3. The second kappa shape index (κ2) is 15.0. The molecule has 4 aromatic rings. The molecule has 3 aromatic carbocycles. The van der Waals surface area contributed by atoms with Gasteiger partial charge in [0.2, 0.25) is 0 Å². The second-order valence-electron chi connectivity index (χ2n) is 20.3. The van der Waals surface area contributed by atoms with Crippen LogP contribution in [-0.2, 0) is 50.6 Å². The zero-order valence-corrected chi connectivity index (χ0v) is 39.8. The van der Waals surface area contributed by atoms with Gasteiger partial charge in [-0.3, -0.25) is 19.4 Å².